The van der Waals surface area contributed by atoms with E-state index in [0.717, 1.165) is 5.56 Å². The van der Waals surface area contributed by atoms with Gasteiger partial charge in [0.2, 0.25) is 5.91 Å². The first-order valence-corrected chi connectivity index (χ1v) is 6.63. The number of benzene rings is 1. The third-order valence-corrected chi connectivity index (χ3v) is 2.94. The highest BCUT2D eigenvalue weighted by Gasteiger charge is 2.22. The monoisotopic (exact) mass is 280 g/mol. The van der Waals surface area contributed by atoms with Gasteiger partial charge in [0.05, 0.1) is 5.56 Å². The predicted molar refractivity (Wildman–Crippen MR) is 75.9 cm³/mol. The maximum atomic E-state index is 13.7. The van der Waals surface area contributed by atoms with Gasteiger partial charge in [-0.1, -0.05) is 19.9 Å². The molecule has 2 N–H and O–H groups in total. The molecule has 0 saturated carbocycles. The number of carbonyl (C=O) groups is 2. The molecule has 2 amide bonds. The van der Waals surface area contributed by atoms with Crippen LogP contribution in [0.4, 0.5) is 4.39 Å². The molecular weight excluding hydrogens is 259 g/mol. The maximum Gasteiger partial charge on any atom is 0.254 e. The zero-order chi connectivity index (χ0) is 15.3. The second kappa shape index (κ2) is 7.03. The standard InChI is InChI=1S/C15H21FN2O2/c1-9(2)7-13(15(20)17-4)18-14(19)11-6-5-10(3)8-12(11)16/h5-6,8-9,13H,7H2,1-4H3,(H,17,20)(H,18,19). The molecule has 0 aliphatic heterocycles. The second-order valence-corrected chi connectivity index (χ2v) is 5.25. The molecule has 1 rings (SSSR count). The fourth-order valence-electron chi connectivity index (χ4n) is 1.92. The summed E-state index contributed by atoms with van der Waals surface area (Å²) in [5, 5.41) is 5.09. The molecule has 0 bridgehead atoms. The molecule has 0 fully saturated rings. The Morgan fingerprint density at radius 3 is 2.45 bits per heavy atom. The molecule has 1 atom stereocenters. The van der Waals surface area contributed by atoms with E-state index < -0.39 is 17.8 Å². The van der Waals surface area contributed by atoms with Crippen LogP contribution in [0.3, 0.4) is 0 Å². The largest absolute Gasteiger partial charge is 0.357 e. The molecule has 0 aromatic heterocycles. The average molecular weight is 280 g/mol. The van der Waals surface area contributed by atoms with Gasteiger partial charge in [-0.25, -0.2) is 4.39 Å². The van der Waals surface area contributed by atoms with Crippen LogP contribution in [0.25, 0.3) is 0 Å². The van der Waals surface area contributed by atoms with Gasteiger partial charge in [-0.3, -0.25) is 9.59 Å². The van der Waals surface area contributed by atoms with Crippen molar-refractivity contribution >= 4 is 11.8 Å². The molecule has 0 aliphatic rings. The fraction of sp³-hybridized carbons (Fsp3) is 0.467. The molecule has 1 aromatic carbocycles. The van der Waals surface area contributed by atoms with Crippen molar-refractivity contribution in [2.75, 3.05) is 7.05 Å². The number of likely N-dealkylation sites (N-methyl/N-ethyl adjacent to an activating group) is 1. The number of nitrogens with one attached hydrogen (secondary N) is 2. The van der Waals surface area contributed by atoms with Crippen molar-refractivity contribution in [1.82, 2.24) is 10.6 Å². The van der Waals surface area contributed by atoms with E-state index in [9.17, 15) is 14.0 Å². The van der Waals surface area contributed by atoms with E-state index in [-0.39, 0.29) is 17.4 Å². The van der Waals surface area contributed by atoms with E-state index in [2.05, 4.69) is 10.6 Å². The lowest BCUT2D eigenvalue weighted by molar-refractivity contribution is -0.122. The van der Waals surface area contributed by atoms with Gasteiger partial charge < -0.3 is 10.6 Å². The lowest BCUT2D eigenvalue weighted by Crippen LogP contribution is -2.46. The number of rotatable bonds is 5. The van der Waals surface area contributed by atoms with E-state index in [1.54, 1.807) is 13.0 Å². The molecule has 20 heavy (non-hydrogen) atoms. The SMILES string of the molecule is CNC(=O)C(CC(C)C)NC(=O)c1ccc(C)cc1F. The third kappa shape index (κ3) is 4.33. The van der Waals surface area contributed by atoms with Crippen molar-refractivity contribution in [1.29, 1.82) is 0 Å². The van der Waals surface area contributed by atoms with Gasteiger partial charge in [0.15, 0.2) is 0 Å². The van der Waals surface area contributed by atoms with Gasteiger partial charge in [0.1, 0.15) is 11.9 Å². The molecule has 0 radical (unpaired) electrons. The summed E-state index contributed by atoms with van der Waals surface area (Å²) in [4.78, 5) is 23.8. The maximum absolute atomic E-state index is 13.7. The number of halogens is 1. The summed E-state index contributed by atoms with van der Waals surface area (Å²) < 4.78 is 13.7. The molecule has 1 unspecified atom stereocenters. The summed E-state index contributed by atoms with van der Waals surface area (Å²) in [6.45, 7) is 5.65. The van der Waals surface area contributed by atoms with Gasteiger partial charge in [0, 0.05) is 7.05 Å². The van der Waals surface area contributed by atoms with E-state index >= 15 is 0 Å². The van der Waals surface area contributed by atoms with Gasteiger partial charge in [-0.2, -0.15) is 0 Å². The van der Waals surface area contributed by atoms with Crippen LogP contribution in [0.1, 0.15) is 36.2 Å². The first-order chi connectivity index (χ1) is 9.35. The highest BCUT2D eigenvalue weighted by molar-refractivity contribution is 5.97. The summed E-state index contributed by atoms with van der Waals surface area (Å²) in [6, 6.07) is 3.73. The van der Waals surface area contributed by atoms with E-state index in [4.69, 9.17) is 0 Å². The molecule has 110 valence electrons. The van der Waals surface area contributed by atoms with Crippen molar-refractivity contribution in [3.8, 4) is 0 Å². The van der Waals surface area contributed by atoms with Crippen LogP contribution in [0.15, 0.2) is 18.2 Å². The molecule has 0 saturated heterocycles. The highest BCUT2D eigenvalue weighted by atomic mass is 19.1. The van der Waals surface area contributed by atoms with Gasteiger partial charge in [0.25, 0.3) is 5.91 Å². The van der Waals surface area contributed by atoms with Crippen molar-refractivity contribution in [2.45, 2.75) is 33.2 Å². The number of amides is 2. The average Bonchev–Trinajstić information content (AvgIpc) is 2.36. The van der Waals surface area contributed by atoms with Crippen LogP contribution in [0, 0.1) is 18.7 Å². The van der Waals surface area contributed by atoms with Crippen LogP contribution in [0.5, 0.6) is 0 Å². The summed E-state index contributed by atoms with van der Waals surface area (Å²) >= 11 is 0. The van der Waals surface area contributed by atoms with Crippen molar-refractivity contribution in [2.24, 2.45) is 5.92 Å². The van der Waals surface area contributed by atoms with Crippen LogP contribution in [0.2, 0.25) is 0 Å². The van der Waals surface area contributed by atoms with Crippen LogP contribution < -0.4 is 10.6 Å². The Hall–Kier alpha value is -1.91. The van der Waals surface area contributed by atoms with Crippen molar-refractivity contribution in [3.05, 3.63) is 35.1 Å². The quantitative estimate of drug-likeness (QED) is 0.867. The Labute approximate surface area is 118 Å². The van der Waals surface area contributed by atoms with E-state index in [1.807, 2.05) is 13.8 Å². The molecule has 5 heteroatoms. The first kappa shape index (κ1) is 16.1. The minimum Gasteiger partial charge on any atom is -0.357 e. The van der Waals surface area contributed by atoms with E-state index in [1.165, 1.54) is 19.2 Å². The van der Waals surface area contributed by atoms with E-state index in [0.29, 0.717) is 6.42 Å². The summed E-state index contributed by atoms with van der Waals surface area (Å²) in [7, 11) is 1.51. The highest BCUT2D eigenvalue weighted by Crippen LogP contribution is 2.11. The van der Waals surface area contributed by atoms with Gasteiger partial charge in [-0.15, -0.1) is 0 Å². The Morgan fingerprint density at radius 2 is 1.95 bits per heavy atom. The lowest BCUT2D eigenvalue weighted by Gasteiger charge is -2.19. The molecular formula is C15H21FN2O2. The molecule has 4 nitrogen and oxygen atoms in total. The Balaban J connectivity index is 2.87. The minimum absolute atomic E-state index is 0.0479. The third-order valence-electron chi connectivity index (χ3n) is 2.94. The smallest absolute Gasteiger partial charge is 0.254 e. The van der Waals surface area contributed by atoms with Crippen LogP contribution in [-0.4, -0.2) is 24.9 Å². The summed E-state index contributed by atoms with van der Waals surface area (Å²) in [6.07, 6.45) is 0.499. The predicted octanol–water partition coefficient (Wildman–Crippen LogP) is 2.02. The zero-order valence-electron chi connectivity index (χ0n) is 12.3. The summed E-state index contributed by atoms with van der Waals surface area (Å²) in [5.74, 6) is -1.19. The van der Waals surface area contributed by atoms with Crippen LogP contribution in [-0.2, 0) is 4.79 Å². The second-order valence-electron chi connectivity index (χ2n) is 5.25. The molecule has 0 heterocycles. The topological polar surface area (TPSA) is 58.2 Å². The first-order valence-electron chi connectivity index (χ1n) is 6.63. The number of carbonyl (C=O) groups excluding carboxylic acids is 2. The zero-order valence-corrected chi connectivity index (χ0v) is 12.3. The molecule has 0 spiro atoms. The Morgan fingerprint density at radius 1 is 1.30 bits per heavy atom. The molecule has 0 aliphatic carbocycles. The lowest BCUT2D eigenvalue weighted by atomic mass is 10.0. The van der Waals surface area contributed by atoms with Crippen LogP contribution >= 0.6 is 0 Å². The minimum atomic E-state index is -0.659. The Kier molecular flexibility index (Phi) is 5.67. The van der Waals surface area contributed by atoms with Crippen molar-refractivity contribution < 1.29 is 14.0 Å². The van der Waals surface area contributed by atoms with Gasteiger partial charge in [-0.05, 0) is 37.0 Å². The summed E-state index contributed by atoms with van der Waals surface area (Å²) in [5.41, 5.74) is 0.692. The normalized spacial score (nSPS) is 12.1. The number of hydrogen-bond acceptors (Lipinski definition) is 2. The van der Waals surface area contributed by atoms with Gasteiger partial charge >= 0.3 is 0 Å². The molecule has 1 aromatic rings. The number of hydrogen-bond donors (Lipinski definition) is 2. The Bertz CT molecular complexity index is 501. The number of aryl methyl sites for hydroxylation is 1. The fourth-order valence-corrected chi connectivity index (χ4v) is 1.92. The van der Waals surface area contributed by atoms with Crippen molar-refractivity contribution in [3.63, 3.8) is 0 Å².